The Balaban J connectivity index is 1.55. The molecule has 0 aliphatic carbocycles. The molecule has 1 aromatic heterocycles. The van der Waals surface area contributed by atoms with E-state index in [2.05, 4.69) is 0 Å². The van der Waals surface area contributed by atoms with Crippen molar-refractivity contribution in [3.05, 3.63) is 69.0 Å². The number of aromatic nitrogens is 2. The number of aliphatic hydroxyl groups excluding tert-OH is 2. The van der Waals surface area contributed by atoms with E-state index in [1.54, 1.807) is 0 Å². The minimum Gasteiger partial charge on any atom is -0.463 e. The van der Waals surface area contributed by atoms with Crippen LogP contribution in [-0.2, 0) is 20.7 Å². The lowest BCUT2D eigenvalue weighted by atomic mass is 10.1. The van der Waals surface area contributed by atoms with Gasteiger partial charge in [0, 0.05) is 18.7 Å². The summed E-state index contributed by atoms with van der Waals surface area (Å²) in [6, 6.07) is 10.5. The predicted molar refractivity (Wildman–Crippen MR) is 93.0 cm³/mol. The average molecular weight is 376 g/mol. The molecule has 1 aromatic carbocycles. The third kappa shape index (κ3) is 4.51. The molecule has 3 N–H and O–H groups in total. The molecule has 1 saturated heterocycles. The van der Waals surface area contributed by atoms with E-state index in [-0.39, 0.29) is 13.0 Å². The molecule has 0 saturated carbocycles. The van der Waals surface area contributed by atoms with Crippen molar-refractivity contribution in [3.63, 3.8) is 0 Å². The van der Waals surface area contributed by atoms with Crippen LogP contribution in [0.4, 0.5) is 0 Å². The summed E-state index contributed by atoms with van der Waals surface area (Å²) in [6.45, 7) is -0.263. The quantitative estimate of drug-likeness (QED) is 0.570. The number of aliphatic hydroxyl groups is 2. The van der Waals surface area contributed by atoms with Crippen LogP contribution >= 0.6 is 0 Å². The number of esters is 1. The standard InChI is InChI=1S/C18H20N2O7/c21-13-8-9-20(18(25)19-13)17-16(24)15(23)12(27-17)10-26-14(22)7-6-11-4-2-1-3-5-11/h1-5,8-9,12,15-17,23-24H,6-7,10H2,(H,19,21,25)/t12-,15-,16-,17-/m1/s1. The number of carbonyl (C=O) groups excluding carboxylic acids is 1. The first kappa shape index (κ1) is 19.0. The van der Waals surface area contributed by atoms with Crippen LogP contribution < -0.4 is 11.2 Å². The predicted octanol–water partition coefficient (Wildman–Crippen LogP) is -0.668. The van der Waals surface area contributed by atoms with E-state index in [9.17, 15) is 24.6 Å². The second kappa shape index (κ2) is 8.30. The Labute approximate surface area is 153 Å². The van der Waals surface area contributed by atoms with Gasteiger partial charge in [0.25, 0.3) is 5.56 Å². The fourth-order valence-electron chi connectivity index (χ4n) is 2.86. The number of benzene rings is 1. The van der Waals surface area contributed by atoms with Gasteiger partial charge in [-0.15, -0.1) is 0 Å². The molecule has 1 aliphatic heterocycles. The number of hydrogen-bond acceptors (Lipinski definition) is 7. The van der Waals surface area contributed by atoms with Crippen LogP contribution in [0.1, 0.15) is 18.2 Å². The zero-order valence-corrected chi connectivity index (χ0v) is 14.4. The summed E-state index contributed by atoms with van der Waals surface area (Å²) in [6.07, 6.45) is -3.11. The van der Waals surface area contributed by atoms with Crippen LogP contribution in [0.3, 0.4) is 0 Å². The van der Waals surface area contributed by atoms with Crippen molar-refractivity contribution in [1.29, 1.82) is 0 Å². The van der Waals surface area contributed by atoms with E-state index in [1.165, 1.54) is 0 Å². The molecule has 3 rings (SSSR count). The van der Waals surface area contributed by atoms with Crippen molar-refractivity contribution >= 4 is 5.97 Å². The molecule has 9 nitrogen and oxygen atoms in total. The lowest BCUT2D eigenvalue weighted by molar-refractivity contribution is -0.150. The second-order valence-electron chi connectivity index (χ2n) is 6.23. The van der Waals surface area contributed by atoms with Crippen LogP contribution in [0.5, 0.6) is 0 Å². The third-order valence-electron chi connectivity index (χ3n) is 4.33. The number of rotatable bonds is 6. The summed E-state index contributed by atoms with van der Waals surface area (Å²) in [5.41, 5.74) is -0.369. The van der Waals surface area contributed by atoms with Gasteiger partial charge < -0.3 is 19.7 Å². The van der Waals surface area contributed by atoms with Gasteiger partial charge in [0.1, 0.15) is 24.9 Å². The number of carbonyl (C=O) groups is 1. The van der Waals surface area contributed by atoms with E-state index in [4.69, 9.17) is 9.47 Å². The first-order valence-electron chi connectivity index (χ1n) is 8.48. The highest BCUT2D eigenvalue weighted by Crippen LogP contribution is 2.28. The van der Waals surface area contributed by atoms with Crippen molar-refractivity contribution in [2.75, 3.05) is 6.61 Å². The smallest absolute Gasteiger partial charge is 0.330 e. The van der Waals surface area contributed by atoms with Gasteiger partial charge in [-0.3, -0.25) is 19.1 Å². The Morgan fingerprint density at radius 1 is 1.15 bits per heavy atom. The highest BCUT2D eigenvalue weighted by molar-refractivity contribution is 5.69. The molecule has 0 unspecified atom stereocenters. The van der Waals surface area contributed by atoms with E-state index < -0.39 is 41.8 Å². The molecule has 1 fully saturated rings. The Bertz CT molecular complexity index is 892. The Kier molecular flexibility index (Phi) is 5.84. The minimum absolute atomic E-state index is 0.165. The highest BCUT2D eigenvalue weighted by atomic mass is 16.6. The van der Waals surface area contributed by atoms with Gasteiger partial charge in [-0.25, -0.2) is 4.79 Å². The molecular formula is C18H20N2O7. The lowest BCUT2D eigenvalue weighted by Gasteiger charge is -2.16. The number of hydrogen-bond donors (Lipinski definition) is 3. The van der Waals surface area contributed by atoms with E-state index in [0.717, 1.165) is 22.4 Å². The van der Waals surface area contributed by atoms with Crippen molar-refractivity contribution < 1.29 is 24.5 Å². The normalized spacial score (nSPS) is 24.7. The van der Waals surface area contributed by atoms with Crippen molar-refractivity contribution in [2.24, 2.45) is 0 Å². The molecule has 0 spiro atoms. The average Bonchev–Trinajstić information content (AvgIpc) is 2.94. The van der Waals surface area contributed by atoms with Crippen molar-refractivity contribution in [1.82, 2.24) is 9.55 Å². The van der Waals surface area contributed by atoms with Gasteiger partial charge in [0.2, 0.25) is 0 Å². The van der Waals surface area contributed by atoms with E-state index in [1.807, 2.05) is 35.3 Å². The molecule has 0 bridgehead atoms. The largest absolute Gasteiger partial charge is 0.463 e. The van der Waals surface area contributed by atoms with Gasteiger partial charge in [0.05, 0.1) is 0 Å². The number of H-pyrrole nitrogens is 1. The number of aromatic amines is 1. The van der Waals surface area contributed by atoms with Crippen molar-refractivity contribution in [2.45, 2.75) is 37.4 Å². The van der Waals surface area contributed by atoms with Gasteiger partial charge in [-0.05, 0) is 12.0 Å². The summed E-state index contributed by atoms with van der Waals surface area (Å²) in [5, 5.41) is 20.2. The summed E-state index contributed by atoms with van der Waals surface area (Å²) < 4.78 is 11.6. The Hall–Kier alpha value is -2.75. The van der Waals surface area contributed by atoms with Crippen LogP contribution in [0.25, 0.3) is 0 Å². The fraction of sp³-hybridized carbons (Fsp3) is 0.389. The first-order valence-corrected chi connectivity index (χ1v) is 8.48. The summed E-state index contributed by atoms with van der Waals surface area (Å²) in [7, 11) is 0. The Morgan fingerprint density at radius 2 is 1.89 bits per heavy atom. The van der Waals surface area contributed by atoms with Crippen LogP contribution in [0.15, 0.2) is 52.2 Å². The molecule has 2 aromatic rings. The zero-order valence-electron chi connectivity index (χ0n) is 14.4. The van der Waals surface area contributed by atoms with Gasteiger partial charge >= 0.3 is 11.7 Å². The number of nitrogens with zero attached hydrogens (tertiary/aromatic N) is 1. The highest BCUT2D eigenvalue weighted by Gasteiger charge is 2.44. The van der Waals surface area contributed by atoms with E-state index in [0.29, 0.717) is 6.42 Å². The molecule has 2 heterocycles. The number of aryl methyl sites for hydroxylation is 1. The zero-order chi connectivity index (χ0) is 19.4. The Morgan fingerprint density at radius 3 is 2.59 bits per heavy atom. The van der Waals surface area contributed by atoms with Crippen LogP contribution in [0, 0.1) is 0 Å². The summed E-state index contributed by atoms with van der Waals surface area (Å²) in [4.78, 5) is 36.9. The minimum atomic E-state index is -1.42. The van der Waals surface area contributed by atoms with Gasteiger partial charge in [-0.2, -0.15) is 0 Å². The first-order chi connectivity index (χ1) is 13.0. The van der Waals surface area contributed by atoms with Gasteiger partial charge in [0.15, 0.2) is 6.23 Å². The molecule has 27 heavy (non-hydrogen) atoms. The summed E-state index contributed by atoms with van der Waals surface area (Å²) >= 11 is 0. The molecule has 4 atom stereocenters. The maximum atomic E-state index is 11.9. The molecule has 1 aliphatic rings. The fourth-order valence-corrected chi connectivity index (χ4v) is 2.86. The second-order valence-corrected chi connectivity index (χ2v) is 6.23. The molecule has 0 amide bonds. The van der Waals surface area contributed by atoms with Crippen molar-refractivity contribution in [3.8, 4) is 0 Å². The molecule has 144 valence electrons. The SMILES string of the molecule is O=C(CCc1ccccc1)OC[C@H]1O[C@@H](n2ccc(=O)[nH]c2=O)[C@H](O)[C@@H]1O. The number of ether oxygens (including phenoxy) is 2. The molecule has 9 heteroatoms. The van der Waals surface area contributed by atoms with E-state index >= 15 is 0 Å². The third-order valence-corrected chi connectivity index (χ3v) is 4.33. The molecular weight excluding hydrogens is 356 g/mol. The van der Waals surface area contributed by atoms with Gasteiger partial charge in [-0.1, -0.05) is 30.3 Å². The lowest BCUT2D eigenvalue weighted by Crippen LogP contribution is -2.37. The topological polar surface area (TPSA) is 131 Å². The maximum absolute atomic E-state index is 11.9. The maximum Gasteiger partial charge on any atom is 0.330 e. The summed E-state index contributed by atoms with van der Waals surface area (Å²) in [5.74, 6) is -0.464. The molecule has 0 radical (unpaired) electrons. The monoisotopic (exact) mass is 376 g/mol. The van der Waals surface area contributed by atoms with Crippen LogP contribution in [0.2, 0.25) is 0 Å². The number of nitrogens with one attached hydrogen (secondary N) is 1. The van der Waals surface area contributed by atoms with Crippen LogP contribution in [-0.4, -0.2) is 50.7 Å².